The predicted molar refractivity (Wildman–Crippen MR) is 53.6 cm³/mol. The molecule has 0 unspecified atom stereocenters. The minimum absolute atomic E-state index is 0.102. The van der Waals surface area contributed by atoms with E-state index >= 15 is 0 Å². The number of hydrogen-bond acceptors (Lipinski definition) is 3. The van der Waals surface area contributed by atoms with E-state index in [1.54, 1.807) is 0 Å². The molecule has 0 bridgehead atoms. The second-order valence-electron chi connectivity index (χ2n) is 4.24. The van der Waals surface area contributed by atoms with Gasteiger partial charge in [0.05, 0.1) is 6.04 Å². The van der Waals surface area contributed by atoms with Gasteiger partial charge in [0.1, 0.15) is 6.29 Å². The minimum atomic E-state index is 0.102. The van der Waals surface area contributed by atoms with Gasteiger partial charge < -0.3 is 10.1 Å². The van der Waals surface area contributed by atoms with Crippen molar-refractivity contribution in [2.24, 2.45) is 0 Å². The lowest BCUT2D eigenvalue weighted by Crippen LogP contribution is -2.22. The molecule has 0 spiro atoms. The maximum Gasteiger partial charge on any atom is 0.136 e. The van der Waals surface area contributed by atoms with Crippen LogP contribution >= 0.6 is 11.8 Å². The number of carbonyl (C=O) groups is 1. The molecule has 1 rings (SSSR count). The number of hydrogen-bond donors (Lipinski definition) is 1. The molecule has 0 aromatic rings. The van der Waals surface area contributed by atoms with E-state index in [1.807, 2.05) is 11.8 Å². The van der Waals surface area contributed by atoms with Gasteiger partial charge in [-0.15, -0.1) is 0 Å². The van der Waals surface area contributed by atoms with Crippen LogP contribution in [0.25, 0.3) is 0 Å². The van der Waals surface area contributed by atoms with Crippen molar-refractivity contribution < 1.29 is 4.79 Å². The van der Waals surface area contributed by atoms with Gasteiger partial charge in [0.15, 0.2) is 0 Å². The van der Waals surface area contributed by atoms with Gasteiger partial charge in [0, 0.05) is 16.5 Å². The number of aldehydes is 1. The molecule has 1 heterocycles. The Morgan fingerprint density at radius 3 is 2.58 bits per heavy atom. The molecule has 0 aromatic heterocycles. The van der Waals surface area contributed by atoms with Crippen molar-refractivity contribution >= 4 is 18.0 Å². The fourth-order valence-corrected chi connectivity index (χ4v) is 2.91. The summed E-state index contributed by atoms with van der Waals surface area (Å²) in [6.45, 7) is 7.62. The third kappa shape index (κ3) is 3.15. The number of rotatable bonds is 2. The molecule has 0 amide bonds. The van der Waals surface area contributed by atoms with E-state index < -0.39 is 0 Å². The van der Waals surface area contributed by atoms with E-state index in [2.05, 4.69) is 26.1 Å². The third-order valence-corrected chi connectivity index (χ3v) is 3.21. The quantitative estimate of drug-likeness (QED) is 0.663. The standard InChI is InChI=1S/C9H17NOS/c1-9(2,3)12-8-4-7(6-11)10-5-8/h6-8,10H,4-5H2,1-3H3/t7-,8+/m0/s1. The first-order valence-electron chi connectivity index (χ1n) is 4.38. The third-order valence-electron chi connectivity index (χ3n) is 1.81. The molecule has 0 aliphatic carbocycles. The molecule has 0 aromatic carbocycles. The zero-order chi connectivity index (χ0) is 9.19. The summed E-state index contributed by atoms with van der Waals surface area (Å²) < 4.78 is 0.310. The average molecular weight is 187 g/mol. The predicted octanol–water partition coefficient (Wildman–Crippen LogP) is 1.45. The highest BCUT2D eigenvalue weighted by Crippen LogP contribution is 2.31. The molecule has 3 heteroatoms. The van der Waals surface area contributed by atoms with E-state index in [9.17, 15) is 4.79 Å². The first-order valence-corrected chi connectivity index (χ1v) is 5.26. The number of carbonyl (C=O) groups excluding carboxylic acids is 1. The summed E-state index contributed by atoms with van der Waals surface area (Å²) >= 11 is 1.96. The fraction of sp³-hybridized carbons (Fsp3) is 0.889. The molecule has 0 radical (unpaired) electrons. The Morgan fingerprint density at radius 1 is 1.50 bits per heavy atom. The van der Waals surface area contributed by atoms with Crippen LogP contribution in [0.4, 0.5) is 0 Å². The molecule has 2 atom stereocenters. The topological polar surface area (TPSA) is 29.1 Å². The summed E-state index contributed by atoms with van der Waals surface area (Å²) in [5.74, 6) is 0. The SMILES string of the molecule is CC(C)(C)S[C@H]1CN[C@H](C=O)C1. The second-order valence-corrected chi connectivity index (χ2v) is 6.37. The lowest BCUT2D eigenvalue weighted by molar-refractivity contribution is -0.109. The van der Waals surface area contributed by atoms with Crippen molar-refractivity contribution in [3.05, 3.63) is 0 Å². The fourth-order valence-electron chi connectivity index (χ4n) is 1.43. The van der Waals surface area contributed by atoms with Crippen LogP contribution < -0.4 is 5.32 Å². The molecular formula is C9H17NOS. The molecule has 1 saturated heterocycles. The summed E-state index contributed by atoms with van der Waals surface area (Å²) in [7, 11) is 0. The largest absolute Gasteiger partial charge is 0.307 e. The van der Waals surface area contributed by atoms with Gasteiger partial charge in [0.2, 0.25) is 0 Å². The van der Waals surface area contributed by atoms with Crippen LogP contribution in [0.5, 0.6) is 0 Å². The summed E-state index contributed by atoms with van der Waals surface area (Å²) in [6, 6.07) is 0.102. The first kappa shape index (κ1) is 10.1. The molecular weight excluding hydrogens is 170 g/mol. The summed E-state index contributed by atoms with van der Waals surface area (Å²) in [6.07, 6.45) is 2.01. The Bertz CT molecular complexity index is 164. The van der Waals surface area contributed by atoms with Crippen molar-refractivity contribution in [1.29, 1.82) is 0 Å². The Morgan fingerprint density at radius 2 is 2.17 bits per heavy atom. The molecule has 1 fully saturated rings. The minimum Gasteiger partial charge on any atom is -0.307 e. The molecule has 1 N–H and O–H groups in total. The molecule has 2 nitrogen and oxygen atoms in total. The molecule has 1 aliphatic rings. The Hall–Kier alpha value is -0.0200. The van der Waals surface area contributed by atoms with Gasteiger partial charge in [-0.3, -0.25) is 0 Å². The van der Waals surface area contributed by atoms with E-state index in [1.165, 1.54) is 0 Å². The Balaban J connectivity index is 2.33. The maximum absolute atomic E-state index is 10.4. The summed E-state index contributed by atoms with van der Waals surface area (Å²) in [4.78, 5) is 10.4. The van der Waals surface area contributed by atoms with Crippen molar-refractivity contribution in [3.8, 4) is 0 Å². The second kappa shape index (κ2) is 3.79. The zero-order valence-corrected chi connectivity index (χ0v) is 8.78. The van der Waals surface area contributed by atoms with E-state index in [0.29, 0.717) is 10.00 Å². The van der Waals surface area contributed by atoms with Crippen LogP contribution in [-0.2, 0) is 4.79 Å². The Kier molecular flexibility index (Phi) is 3.18. The van der Waals surface area contributed by atoms with Crippen molar-refractivity contribution in [1.82, 2.24) is 5.32 Å². The van der Waals surface area contributed by atoms with E-state index in [0.717, 1.165) is 19.3 Å². The summed E-state index contributed by atoms with van der Waals surface area (Å²) in [5.41, 5.74) is 0. The van der Waals surface area contributed by atoms with Crippen LogP contribution in [0.1, 0.15) is 27.2 Å². The van der Waals surface area contributed by atoms with Gasteiger partial charge in [-0.05, 0) is 6.42 Å². The lowest BCUT2D eigenvalue weighted by atomic mass is 10.2. The monoisotopic (exact) mass is 187 g/mol. The van der Waals surface area contributed by atoms with Crippen molar-refractivity contribution in [3.63, 3.8) is 0 Å². The zero-order valence-electron chi connectivity index (χ0n) is 7.96. The molecule has 12 heavy (non-hydrogen) atoms. The van der Waals surface area contributed by atoms with Crippen LogP contribution in [0, 0.1) is 0 Å². The average Bonchev–Trinajstić information content (AvgIpc) is 2.32. The smallest absolute Gasteiger partial charge is 0.136 e. The molecule has 1 aliphatic heterocycles. The number of thioether (sulfide) groups is 1. The summed E-state index contributed by atoms with van der Waals surface area (Å²) in [5, 5.41) is 3.80. The highest BCUT2D eigenvalue weighted by atomic mass is 32.2. The van der Waals surface area contributed by atoms with Gasteiger partial charge in [-0.25, -0.2) is 0 Å². The first-order chi connectivity index (χ1) is 5.51. The van der Waals surface area contributed by atoms with Crippen LogP contribution in [0.2, 0.25) is 0 Å². The highest BCUT2D eigenvalue weighted by Gasteiger charge is 2.27. The normalized spacial score (nSPS) is 30.6. The number of nitrogens with one attached hydrogen (secondary N) is 1. The van der Waals surface area contributed by atoms with Gasteiger partial charge in [-0.1, -0.05) is 20.8 Å². The highest BCUT2D eigenvalue weighted by molar-refractivity contribution is 8.01. The van der Waals surface area contributed by atoms with E-state index in [-0.39, 0.29) is 6.04 Å². The van der Waals surface area contributed by atoms with E-state index in [4.69, 9.17) is 0 Å². The molecule has 0 saturated carbocycles. The van der Waals surface area contributed by atoms with Gasteiger partial charge in [0.25, 0.3) is 0 Å². The lowest BCUT2D eigenvalue weighted by Gasteiger charge is -2.21. The molecule has 70 valence electrons. The van der Waals surface area contributed by atoms with Gasteiger partial charge in [-0.2, -0.15) is 11.8 Å². The van der Waals surface area contributed by atoms with Crippen LogP contribution in [0.3, 0.4) is 0 Å². The van der Waals surface area contributed by atoms with Crippen molar-refractivity contribution in [2.75, 3.05) is 6.54 Å². The van der Waals surface area contributed by atoms with Gasteiger partial charge >= 0.3 is 0 Å². The van der Waals surface area contributed by atoms with Crippen LogP contribution in [0.15, 0.2) is 0 Å². The van der Waals surface area contributed by atoms with Crippen LogP contribution in [-0.4, -0.2) is 28.9 Å². The maximum atomic E-state index is 10.4. The van der Waals surface area contributed by atoms with Crippen molar-refractivity contribution in [2.45, 2.75) is 43.2 Å². The Labute approximate surface area is 78.5 Å².